The molecule has 1 heterocycles. The van der Waals surface area contributed by atoms with Crippen molar-refractivity contribution < 1.29 is 19.7 Å². The molecule has 3 aliphatic carbocycles. The lowest BCUT2D eigenvalue weighted by Gasteiger charge is -2.61. The second-order valence-electron chi connectivity index (χ2n) is 9.17. The highest BCUT2D eigenvalue weighted by Crippen LogP contribution is 2.63. The van der Waals surface area contributed by atoms with Gasteiger partial charge in [-0.05, 0) is 48.5 Å². The van der Waals surface area contributed by atoms with Crippen molar-refractivity contribution in [2.24, 2.45) is 22.7 Å². The summed E-state index contributed by atoms with van der Waals surface area (Å²) in [5, 5.41) is 22.0. The van der Waals surface area contributed by atoms with E-state index in [-0.39, 0.29) is 22.7 Å². The number of aliphatic hydroxyl groups is 2. The Kier molecular flexibility index (Phi) is 3.37. The molecule has 2 N–H and O–H groups in total. The van der Waals surface area contributed by atoms with Crippen LogP contribution in [0.15, 0.2) is 22.8 Å². The average molecular weight is 332 g/mol. The van der Waals surface area contributed by atoms with Crippen LogP contribution < -0.4 is 0 Å². The summed E-state index contributed by atoms with van der Waals surface area (Å²) in [4.78, 5) is 12.0. The molecule has 132 valence electrons. The summed E-state index contributed by atoms with van der Waals surface area (Å²) < 4.78 is 5.46. The van der Waals surface area contributed by atoms with E-state index in [2.05, 4.69) is 20.8 Å². The van der Waals surface area contributed by atoms with Gasteiger partial charge < -0.3 is 14.9 Å². The van der Waals surface area contributed by atoms with E-state index in [1.165, 1.54) is 0 Å². The SMILES string of the molecule is CC1=C2C=C3[C@@H](O)C[C@@H]4C(C)(C)CCC[C@@]4(C)[C@@H]3[C@@H](O)[C@H]2OC1=O. The fourth-order valence-corrected chi connectivity index (χ4v) is 6.24. The highest BCUT2D eigenvalue weighted by Gasteiger charge is 2.60. The number of carbonyl (C=O) groups excluding carboxylic acids is 1. The summed E-state index contributed by atoms with van der Waals surface area (Å²) in [6, 6.07) is 0. The van der Waals surface area contributed by atoms with Crippen molar-refractivity contribution in [1.82, 2.24) is 0 Å². The van der Waals surface area contributed by atoms with Gasteiger partial charge in [-0.2, -0.15) is 0 Å². The number of rotatable bonds is 0. The van der Waals surface area contributed by atoms with Crippen LogP contribution in [-0.4, -0.2) is 34.5 Å². The summed E-state index contributed by atoms with van der Waals surface area (Å²) in [6.07, 6.45) is 4.16. The van der Waals surface area contributed by atoms with Gasteiger partial charge in [0.05, 0.1) is 6.10 Å². The van der Waals surface area contributed by atoms with Crippen molar-refractivity contribution in [3.8, 4) is 0 Å². The first-order chi connectivity index (χ1) is 11.2. The minimum absolute atomic E-state index is 0.0688. The molecule has 1 aliphatic heterocycles. The van der Waals surface area contributed by atoms with Crippen LogP contribution in [-0.2, 0) is 9.53 Å². The molecule has 0 aromatic rings. The molecule has 0 saturated heterocycles. The summed E-state index contributed by atoms with van der Waals surface area (Å²) >= 11 is 0. The van der Waals surface area contributed by atoms with E-state index in [4.69, 9.17) is 4.74 Å². The van der Waals surface area contributed by atoms with Crippen LogP contribution in [0, 0.1) is 22.7 Å². The van der Waals surface area contributed by atoms with Gasteiger partial charge >= 0.3 is 5.97 Å². The van der Waals surface area contributed by atoms with Gasteiger partial charge in [0, 0.05) is 17.1 Å². The zero-order valence-electron chi connectivity index (χ0n) is 15.0. The third kappa shape index (κ3) is 1.96. The van der Waals surface area contributed by atoms with Crippen molar-refractivity contribution in [3.63, 3.8) is 0 Å². The maximum Gasteiger partial charge on any atom is 0.334 e. The van der Waals surface area contributed by atoms with Gasteiger partial charge in [0.15, 0.2) is 6.10 Å². The zero-order chi connectivity index (χ0) is 17.4. The molecule has 0 spiro atoms. The second kappa shape index (κ2) is 4.95. The van der Waals surface area contributed by atoms with Crippen LogP contribution in [0.5, 0.6) is 0 Å². The van der Waals surface area contributed by atoms with E-state index in [9.17, 15) is 15.0 Å². The molecule has 2 saturated carbocycles. The fourth-order valence-electron chi connectivity index (χ4n) is 6.24. The fraction of sp³-hybridized carbons (Fsp3) is 0.750. The van der Waals surface area contributed by atoms with Gasteiger partial charge in [-0.25, -0.2) is 4.79 Å². The third-order valence-corrected chi connectivity index (χ3v) is 7.44. The summed E-state index contributed by atoms with van der Waals surface area (Å²) in [7, 11) is 0. The highest BCUT2D eigenvalue weighted by molar-refractivity contribution is 5.92. The first kappa shape index (κ1) is 16.3. The quantitative estimate of drug-likeness (QED) is 0.670. The number of fused-ring (bicyclic) bond motifs is 4. The first-order valence-electron chi connectivity index (χ1n) is 9.16. The molecule has 24 heavy (non-hydrogen) atoms. The van der Waals surface area contributed by atoms with Gasteiger partial charge in [-0.1, -0.05) is 33.3 Å². The molecular formula is C20H28O4. The predicted molar refractivity (Wildman–Crippen MR) is 90.0 cm³/mol. The number of aliphatic hydroxyl groups excluding tert-OH is 2. The molecule has 0 radical (unpaired) electrons. The van der Waals surface area contributed by atoms with Crippen molar-refractivity contribution in [2.45, 2.75) is 71.7 Å². The maximum atomic E-state index is 12.0. The van der Waals surface area contributed by atoms with Gasteiger partial charge in [0.25, 0.3) is 0 Å². The zero-order valence-corrected chi connectivity index (χ0v) is 15.0. The topological polar surface area (TPSA) is 66.8 Å². The molecule has 4 heteroatoms. The van der Waals surface area contributed by atoms with E-state index >= 15 is 0 Å². The molecular weight excluding hydrogens is 304 g/mol. The van der Waals surface area contributed by atoms with E-state index < -0.39 is 18.3 Å². The van der Waals surface area contributed by atoms with E-state index in [0.717, 1.165) is 36.8 Å². The van der Waals surface area contributed by atoms with Crippen molar-refractivity contribution in [1.29, 1.82) is 0 Å². The molecule has 0 bridgehead atoms. The van der Waals surface area contributed by atoms with E-state index in [0.29, 0.717) is 11.5 Å². The molecule has 0 aromatic heterocycles. The maximum absolute atomic E-state index is 12.0. The smallest absolute Gasteiger partial charge is 0.334 e. The molecule has 0 amide bonds. The lowest BCUT2D eigenvalue weighted by Crippen LogP contribution is -2.59. The highest BCUT2D eigenvalue weighted by atomic mass is 16.6. The van der Waals surface area contributed by atoms with Crippen molar-refractivity contribution in [3.05, 3.63) is 22.8 Å². The molecule has 0 aromatic carbocycles. The number of ether oxygens (including phenoxy) is 1. The standard InChI is InChI=1S/C20H28O4/c1-10-11-8-12-13(21)9-14-19(2,3)6-5-7-20(14,4)15(12)16(22)17(11)24-18(10)23/h8,13-17,21-22H,5-7,9H2,1-4H3/t13-,14+,15-,16+,17-,20+/m0/s1. The normalized spacial score (nSPS) is 46.7. The molecule has 6 atom stereocenters. The Morgan fingerprint density at radius 1 is 1.21 bits per heavy atom. The Labute approximate surface area is 143 Å². The van der Waals surface area contributed by atoms with Crippen molar-refractivity contribution >= 4 is 5.97 Å². The second-order valence-corrected chi connectivity index (χ2v) is 9.17. The van der Waals surface area contributed by atoms with Gasteiger partial charge in [0.1, 0.15) is 6.10 Å². The molecule has 2 fully saturated rings. The molecule has 4 aliphatic rings. The minimum Gasteiger partial charge on any atom is -0.451 e. The van der Waals surface area contributed by atoms with Crippen LogP contribution in [0.2, 0.25) is 0 Å². The molecule has 0 unspecified atom stereocenters. The Morgan fingerprint density at radius 3 is 2.62 bits per heavy atom. The monoisotopic (exact) mass is 332 g/mol. The van der Waals surface area contributed by atoms with E-state index in [1.807, 2.05) is 6.08 Å². The third-order valence-electron chi connectivity index (χ3n) is 7.44. The minimum atomic E-state index is -0.766. The Bertz CT molecular complexity index is 659. The van der Waals surface area contributed by atoms with Gasteiger partial charge in [0.2, 0.25) is 0 Å². The van der Waals surface area contributed by atoms with Crippen molar-refractivity contribution in [2.75, 3.05) is 0 Å². The summed E-state index contributed by atoms with van der Waals surface area (Å²) in [5.74, 6) is -0.128. The number of esters is 1. The average Bonchev–Trinajstić information content (AvgIpc) is 2.78. The summed E-state index contributed by atoms with van der Waals surface area (Å²) in [5.41, 5.74) is 2.31. The Hall–Kier alpha value is -1.13. The number of carbonyl (C=O) groups is 1. The van der Waals surface area contributed by atoms with Crippen LogP contribution in [0.1, 0.15) is 53.4 Å². The van der Waals surface area contributed by atoms with Gasteiger partial charge in [-0.3, -0.25) is 0 Å². The number of hydrogen-bond acceptors (Lipinski definition) is 4. The predicted octanol–water partition coefficient (Wildman–Crippen LogP) is 2.74. The van der Waals surface area contributed by atoms with Crippen LogP contribution in [0.3, 0.4) is 0 Å². The summed E-state index contributed by atoms with van der Waals surface area (Å²) in [6.45, 7) is 8.59. The lowest BCUT2D eigenvalue weighted by molar-refractivity contribution is -0.157. The Morgan fingerprint density at radius 2 is 1.92 bits per heavy atom. The van der Waals surface area contributed by atoms with E-state index in [1.54, 1.807) is 6.92 Å². The van der Waals surface area contributed by atoms with Crippen LogP contribution in [0.25, 0.3) is 0 Å². The largest absolute Gasteiger partial charge is 0.451 e. The van der Waals surface area contributed by atoms with Crippen LogP contribution in [0.4, 0.5) is 0 Å². The Balaban J connectivity index is 1.84. The van der Waals surface area contributed by atoms with Crippen LogP contribution >= 0.6 is 0 Å². The van der Waals surface area contributed by atoms with Gasteiger partial charge in [-0.15, -0.1) is 0 Å². The molecule has 4 rings (SSSR count). The first-order valence-corrected chi connectivity index (χ1v) is 9.16. The number of hydrogen-bond donors (Lipinski definition) is 2. The molecule has 4 nitrogen and oxygen atoms in total. The lowest BCUT2D eigenvalue weighted by atomic mass is 9.45.